The highest BCUT2D eigenvalue weighted by molar-refractivity contribution is 5.92. The molecule has 1 N–H and O–H groups in total. The van der Waals surface area contributed by atoms with Gasteiger partial charge in [0.15, 0.2) is 0 Å². The smallest absolute Gasteiger partial charge is 0.272 e. The van der Waals surface area contributed by atoms with Crippen molar-refractivity contribution in [3.8, 4) is 0 Å². The molecule has 0 radical (unpaired) electrons. The molecular formula is C15H19N5O2. The van der Waals surface area contributed by atoms with Crippen LogP contribution in [-0.2, 0) is 4.74 Å². The Kier molecular flexibility index (Phi) is 4.06. The number of amides is 1. The number of carbonyl (C=O) groups is 1. The van der Waals surface area contributed by atoms with Crippen molar-refractivity contribution >= 4 is 11.7 Å². The van der Waals surface area contributed by atoms with Gasteiger partial charge in [0.25, 0.3) is 5.91 Å². The first kappa shape index (κ1) is 14.5. The Hall–Kier alpha value is -2.41. The van der Waals surface area contributed by atoms with Crippen LogP contribution in [0.1, 0.15) is 22.3 Å². The zero-order valence-corrected chi connectivity index (χ0v) is 12.7. The van der Waals surface area contributed by atoms with Gasteiger partial charge in [-0.15, -0.1) is 0 Å². The number of carbonyl (C=O) groups excluding carboxylic acids is 1. The third kappa shape index (κ3) is 2.94. The van der Waals surface area contributed by atoms with Gasteiger partial charge in [-0.3, -0.25) is 9.89 Å². The van der Waals surface area contributed by atoms with Gasteiger partial charge in [-0.05, 0) is 18.2 Å². The largest absolute Gasteiger partial charge is 0.368 e. The van der Waals surface area contributed by atoms with Crippen LogP contribution in [0.25, 0.3) is 0 Å². The Morgan fingerprint density at radius 2 is 2.27 bits per heavy atom. The Morgan fingerprint density at radius 1 is 1.41 bits per heavy atom. The molecule has 3 rings (SSSR count). The van der Waals surface area contributed by atoms with E-state index < -0.39 is 0 Å². The van der Waals surface area contributed by atoms with Crippen LogP contribution in [0.2, 0.25) is 0 Å². The topological polar surface area (TPSA) is 74.3 Å². The number of pyridine rings is 1. The van der Waals surface area contributed by atoms with E-state index in [1.807, 2.05) is 37.2 Å². The van der Waals surface area contributed by atoms with Crippen LogP contribution >= 0.6 is 0 Å². The second-order valence-corrected chi connectivity index (χ2v) is 5.40. The third-order valence-corrected chi connectivity index (χ3v) is 3.63. The molecule has 2 aromatic heterocycles. The van der Waals surface area contributed by atoms with E-state index in [4.69, 9.17) is 4.74 Å². The normalized spacial score (nSPS) is 18.3. The summed E-state index contributed by atoms with van der Waals surface area (Å²) in [4.78, 5) is 20.7. The number of nitrogens with zero attached hydrogens (tertiary/aromatic N) is 4. The van der Waals surface area contributed by atoms with Crippen LogP contribution in [-0.4, -0.2) is 59.8 Å². The minimum atomic E-state index is -0.208. The van der Waals surface area contributed by atoms with E-state index in [2.05, 4.69) is 15.2 Å². The van der Waals surface area contributed by atoms with Gasteiger partial charge >= 0.3 is 0 Å². The van der Waals surface area contributed by atoms with Gasteiger partial charge in [0, 0.05) is 26.8 Å². The van der Waals surface area contributed by atoms with Crippen LogP contribution in [0.3, 0.4) is 0 Å². The van der Waals surface area contributed by atoms with E-state index in [0.29, 0.717) is 25.4 Å². The van der Waals surface area contributed by atoms with Crippen LogP contribution in [0.5, 0.6) is 0 Å². The fourth-order valence-electron chi connectivity index (χ4n) is 2.43. The summed E-state index contributed by atoms with van der Waals surface area (Å²) in [6, 6.07) is 7.51. The SMILES string of the molecule is CN(C)c1cccc([C@H]2CN(C(=O)c3ccn[nH]3)CCO2)n1. The average Bonchev–Trinajstić information content (AvgIpc) is 3.09. The Bertz CT molecular complexity index is 641. The number of hydrogen-bond acceptors (Lipinski definition) is 5. The molecule has 1 amide bonds. The van der Waals surface area contributed by atoms with Crippen molar-refractivity contribution in [1.29, 1.82) is 0 Å². The van der Waals surface area contributed by atoms with Crippen molar-refractivity contribution in [3.05, 3.63) is 41.9 Å². The molecule has 0 aliphatic carbocycles. The predicted molar refractivity (Wildman–Crippen MR) is 81.7 cm³/mol. The van der Waals surface area contributed by atoms with E-state index in [0.717, 1.165) is 11.5 Å². The van der Waals surface area contributed by atoms with Gasteiger partial charge in [-0.25, -0.2) is 4.98 Å². The van der Waals surface area contributed by atoms with E-state index in [-0.39, 0.29) is 12.0 Å². The summed E-state index contributed by atoms with van der Waals surface area (Å²) in [6.07, 6.45) is 1.37. The molecule has 0 saturated carbocycles. The molecule has 0 unspecified atom stereocenters. The lowest BCUT2D eigenvalue weighted by Crippen LogP contribution is -2.42. The Morgan fingerprint density at radius 3 is 3.00 bits per heavy atom. The summed E-state index contributed by atoms with van der Waals surface area (Å²) in [6.45, 7) is 1.56. The van der Waals surface area contributed by atoms with Crippen LogP contribution < -0.4 is 4.90 Å². The first-order chi connectivity index (χ1) is 10.6. The van der Waals surface area contributed by atoms with Gasteiger partial charge in [0.1, 0.15) is 17.6 Å². The highest BCUT2D eigenvalue weighted by Crippen LogP contribution is 2.23. The number of nitrogens with one attached hydrogen (secondary N) is 1. The van der Waals surface area contributed by atoms with E-state index in [1.54, 1.807) is 17.2 Å². The van der Waals surface area contributed by atoms with Gasteiger partial charge in [-0.2, -0.15) is 5.10 Å². The first-order valence-corrected chi connectivity index (χ1v) is 7.19. The highest BCUT2D eigenvalue weighted by Gasteiger charge is 2.27. The van der Waals surface area contributed by atoms with Gasteiger partial charge in [0.05, 0.1) is 18.8 Å². The van der Waals surface area contributed by atoms with Crippen LogP contribution in [0.4, 0.5) is 5.82 Å². The van der Waals surface area contributed by atoms with Crippen molar-refractivity contribution in [2.24, 2.45) is 0 Å². The first-order valence-electron chi connectivity index (χ1n) is 7.19. The summed E-state index contributed by atoms with van der Waals surface area (Å²) < 4.78 is 5.80. The number of rotatable bonds is 3. The second kappa shape index (κ2) is 6.15. The fraction of sp³-hybridized carbons (Fsp3) is 0.400. The lowest BCUT2D eigenvalue weighted by Gasteiger charge is -2.32. The molecule has 2 aromatic rings. The van der Waals surface area contributed by atoms with Crippen molar-refractivity contribution < 1.29 is 9.53 Å². The molecule has 3 heterocycles. The molecule has 0 bridgehead atoms. The van der Waals surface area contributed by atoms with Crippen molar-refractivity contribution in [3.63, 3.8) is 0 Å². The number of anilines is 1. The molecule has 7 nitrogen and oxygen atoms in total. The molecule has 0 spiro atoms. The molecule has 1 aliphatic rings. The third-order valence-electron chi connectivity index (χ3n) is 3.63. The van der Waals surface area contributed by atoms with E-state index >= 15 is 0 Å². The lowest BCUT2D eigenvalue weighted by molar-refractivity contribution is -0.0248. The summed E-state index contributed by atoms with van der Waals surface area (Å²) in [7, 11) is 3.89. The summed E-state index contributed by atoms with van der Waals surface area (Å²) >= 11 is 0. The average molecular weight is 301 g/mol. The van der Waals surface area contributed by atoms with E-state index in [9.17, 15) is 4.79 Å². The zero-order chi connectivity index (χ0) is 15.5. The molecule has 0 aromatic carbocycles. The molecule has 1 fully saturated rings. The van der Waals surface area contributed by atoms with Crippen molar-refractivity contribution in [2.45, 2.75) is 6.10 Å². The van der Waals surface area contributed by atoms with Crippen molar-refractivity contribution in [1.82, 2.24) is 20.1 Å². The summed E-state index contributed by atoms with van der Waals surface area (Å²) in [5, 5.41) is 6.53. The summed E-state index contributed by atoms with van der Waals surface area (Å²) in [5.41, 5.74) is 1.34. The van der Waals surface area contributed by atoms with Crippen molar-refractivity contribution in [2.75, 3.05) is 38.7 Å². The molecular weight excluding hydrogens is 282 g/mol. The summed E-state index contributed by atoms with van der Waals surface area (Å²) in [5.74, 6) is 0.813. The maximum absolute atomic E-state index is 12.4. The predicted octanol–water partition coefficient (Wildman–Crippen LogP) is 1.08. The van der Waals surface area contributed by atoms with E-state index in [1.165, 1.54) is 0 Å². The minimum absolute atomic E-state index is 0.0606. The monoisotopic (exact) mass is 301 g/mol. The Balaban J connectivity index is 1.75. The molecule has 22 heavy (non-hydrogen) atoms. The van der Waals surface area contributed by atoms with Gasteiger partial charge in [-0.1, -0.05) is 6.07 Å². The van der Waals surface area contributed by atoms with Crippen LogP contribution in [0.15, 0.2) is 30.5 Å². The standard InChI is InChI=1S/C15H19N5O2/c1-19(2)14-5-3-4-11(17-14)13-10-20(8-9-22-13)15(21)12-6-7-16-18-12/h3-7,13H,8-10H2,1-2H3,(H,16,18)/t13-/m1/s1. The quantitative estimate of drug-likeness (QED) is 0.918. The number of aromatic amines is 1. The molecule has 1 atom stereocenters. The minimum Gasteiger partial charge on any atom is -0.368 e. The highest BCUT2D eigenvalue weighted by atomic mass is 16.5. The number of H-pyrrole nitrogens is 1. The number of ether oxygens (including phenoxy) is 1. The second-order valence-electron chi connectivity index (χ2n) is 5.40. The number of morpholine rings is 1. The van der Waals surface area contributed by atoms with Crippen LogP contribution in [0, 0.1) is 0 Å². The maximum Gasteiger partial charge on any atom is 0.272 e. The number of aromatic nitrogens is 3. The fourth-order valence-corrected chi connectivity index (χ4v) is 2.43. The molecule has 1 saturated heterocycles. The molecule has 116 valence electrons. The van der Waals surface area contributed by atoms with Gasteiger partial charge in [0.2, 0.25) is 0 Å². The lowest BCUT2D eigenvalue weighted by atomic mass is 10.1. The molecule has 1 aliphatic heterocycles. The number of hydrogen-bond donors (Lipinski definition) is 1. The maximum atomic E-state index is 12.4. The zero-order valence-electron chi connectivity index (χ0n) is 12.7. The Labute approximate surface area is 128 Å². The van der Waals surface area contributed by atoms with Gasteiger partial charge < -0.3 is 14.5 Å². The molecule has 7 heteroatoms.